The Labute approximate surface area is 59.3 Å². The van der Waals surface area contributed by atoms with Crippen LogP contribution in [0.15, 0.2) is 0 Å². The number of hydrogen-bond donors (Lipinski definition) is 2. The minimum absolute atomic E-state index is 0.0758. The fraction of sp³-hybridized carbons (Fsp3) is 1.00. The summed E-state index contributed by atoms with van der Waals surface area (Å²) in [5.41, 5.74) is -0.745. The molecule has 1 saturated heterocycles. The summed E-state index contributed by atoms with van der Waals surface area (Å²) in [5.74, 6) is 1.97. The van der Waals surface area contributed by atoms with Crippen molar-refractivity contribution in [3.05, 3.63) is 0 Å². The summed E-state index contributed by atoms with van der Waals surface area (Å²) < 4.78 is 0. The maximum atomic E-state index is 9.42. The van der Waals surface area contributed by atoms with Gasteiger partial charge in [-0.25, -0.2) is 0 Å². The van der Waals surface area contributed by atoms with Gasteiger partial charge in [0.15, 0.2) is 0 Å². The monoisotopic (exact) mass is 148 g/mol. The standard InChI is InChI=1S/C6H12O2S/c7-5-6(8)1-3-9-4-2-6/h7-8H,1-5H2. The Kier molecular flexibility index (Phi) is 2.38. The normalized spacial score (nSPS) is 26.0. The van der Waals surface area contributed by atoms with E-state index in [-0.39, 0.29) is 6.61 Å². The Balaban J connectivity index is 2.37. The van der Waals surface area contributed by atoms with Gasteiger partial charge in [-0.15, -0.1) is 0 Å². The van der Waals surface area contributed by atoms with Crippen molar-refractivity contribution in [2.45, 2.75) is 18.4 Å². The molecule has 1 fully saturated rings. The van der Waals surface area contributed by atoms with Crippen molar-refractivity contribution in [3.63, 3.8) is 0 Å². The molecule has 54 valence electrons. The van der Waals surface area contributed by atoms with E-state index in [1.165, 1.54) is 0 Å². The largest absolute Gasteiger partial charge is 0.393 e. The van der Waals surface area contributed by atoms with Crippen molar-refractivity contribution < 1.29 is 10.2 Å². The van der Waals surface area contributed by atoms with Gasteiger partial charge in [0, 0.05) is 0 Å². The van der Waals surface area contributed by atoms with Crippen LogP contribution in [0, 0.1) is 0 Å². The lowest BCUT2D eigenvalue weighted by Crippen LogP contribution is -2.36. The lowest BCUT2D eigenvalue weighted by Gasteiger charge is -2.29. The minimum Gasteiger partial charge on any atom is -0.393 e. The second-order valence-electron chi connectivity index (χ2n) is 2.49. The molecule has 1 aliphatic heterocycles. The van der Waals surface area contributed by atoms with E-state index in [9.17, 15) is 5.11 Å². The highest BCUT2D eigenvalue weighted by Gasteiger charge is 2.27. The highest BCUT2D eigenvalue weighted by Crippen LogP contribution is 2.25. The van der Waals surface area contributed by atoms with Crippen LogP contribution in [0.4, 0.5) is 0 Å². The zero-order valence-electron chi connectivity index (χ0n) is 5.34. The summed E-state index contributed by atoms with van der Waals surface area (Å²) in [7, 11) is 0. The molecule has 3 heteroatoms. The van der Waals surface area contributed by atoms with Crippen LogP contribution in [0.1, 0.15) is 12.8 Å². The van der Waals surface area contributed by atoms with Crippen LogP contribution >= 0.6 is 11.8 Å². The molecule has 0 aromatic carbocycles. The molecule has 2 nitrogen and oxygen atoms in total. The van der Waals surface area contributed by atoms with Crippen LogP contribution in [0.5, 0.6) is 0 Å². The predicted octanol–water partition coefficient (Wildman–Crippen LogP) is 0.237. The molecule has 1 aliphatic rings. The summed E-state index contributed by atoms with van der Waals surface area (Å²) in [4.78, 5) is 0. The Bertz CT molecular complexity index is 89.1. The first-order valence-corrected chi connectivity index (χ1v) is 4.33. The Morgan fingerprint density at radius 1 is 1.33 bits per heavy atom. The molecule has 0 aromatic rings. The smallest absolute Gasteiger partial charge is 0.0893 e. The third kappa shape index (κ3) is 1.85. The van der Waals surface area contributed by atoms with Crippen LogP contribution in [-0.2, 0) is 0 Å². The van der Waals surface area contributed by atoms with E-state index in [1.807, 2.05) is 11.8 Å². The van der Waals surface area contributed by atoms with Gasteiger partial charge >= 0.3 is 0 Å². The third-order valence-electron chi connectivity index (χ3n) is 1.72. The van der Waals surface area contributed by atoms with E-state index < -0.39 is 5.60 Å². The Morgan fingerprint density at radius 3 is 2.22 bits per heavy atom. The minimum atomic E-state index is -0.745. The molecule has 0 atom stereocenters. The van der Waals surface area contributed by atoms with Crippen LogP contribution in [0.2, 0.25) is 0 Å². The van der Waals surface area contributed by atoms with Crippen LogP contribution in [0.25, 0.3) is 0 Å². The maximum absolute atomic E-state index is 9.42. The van der Waals surface area contributed by atoms with Crippen LogP contribution < -0.4 is 0 Å². The van der Waals surface area contributed by atoms with Gasteiger partial charge < -0.3 is 10.2 Å². The summed E-state index contributed by atoms with van der Waals surface area (Å²) in [6, 6.07) is 0. The zero-order chi connectivity index (χ0) is 6.74. The van der Waals surface area contributed by atoms with E-state index in [2.05, 4.69) is 0 Å². The van der Waals surface area contributed by atoms with Gasteiger partial charge in [0.2, 0.25) is 0 Å². The average molecular weight is 148 g/mol. The van der Waals surface area contributed by atoms with Gasteiger partial charge in [0.1, 0.15) is 0 Å². The number of aliphatic hydroxyl groups is 2. The third-order valence-corrected chi connectivity index (χ3v) is 2.70. The fourth-order valence-electron chi connectivity index (χ4n) is 0.909. The molecule has 0 bridgehead atoms. The number of aliphatic hydroxyl groups excluding tert-OH is 1. The lowest BCUT2D eigenvalue weighted by atomic mass is 9.98. The average Bonchev–Trinajstić information content (AvgIpc) is 1.90. The van der Waals surface area contributed by atoms with Gasteiger partial charge in [0.25, 0.3) is 0 Å². The molecule has 0 saturated carbocycles. The van der Waals surface area contributed by atoms with Gasteiger partial charge in [-0.2, -0.15) is 11.8 Å². The first kappa shape index (κ1) is 7.38. The summed E-state index contributed by atoms with van der Waals surface area (Å²) >= 11 is 1.84. The molecular formula is C6H12O2S. The molecule has 0 amide bonds. The summed E-state index contributed by atoms with van der Waals surface area (Å²) in [6.07, 6.45) is 1.49. The van der Waals surface area contributed by atoms with Crippen molar-refractivity contribution in [3.8, 4) is 0 Å². The topological polar surface area (TPSA) is 40.5 Å². The van der Waals surface area contributed by atoms with Crippen molar-refractivity contribution in [2.75, 3.05) is 18.1 Å². The SMILES string of the molecule is OCC1(O)CCSCC1. The first-order valence-electron chi connectivity index (χ1n) is 3.18. The van der Waals surface area contributed by atoms with Gasteiger partial charge in [-0.05, 0) is 24.3 Å². The molecule has 0 unspecified atom stereocenters. The summed E-state index contributed by atoms with van der Waals surface area (Å²) in [5, 5.41) is 18.1. The van der Waals surface area contributed by atoms with E-state index in [4.69, 9.17) is 5.11 Å². The van der Waals surface area contributed by atoms with Gasteiger partial charge in [-0.3, -0.25) is 0 Å². The highest BCUT2D eigenvalue weighted by atomic mass is 32.2. The first-order chi connectivity index (χ1) is 4.27. The fourth-order valence-corrected chi connectivity index (χ4v) is 2.16. The van der Waals surface area contributed by atoms with Crippen LogP contribution in [-0.4, -0.2) is 33.9 Å². The van der Waals surface area contributed by atoms with Crippen molar-refractivity contribution in [1.29, 1.82) is 0 Å². The van der Waals surface area contributed by atoms with E-state index in [1.54, 1.807) is 0 Å². The van der Waals surface area contributed by atoms with Crippen molar-refractivity contribution in [2.24, 2.45) is 0 Å². The van der Waals surface area contributed by atoms with Gasteiger partial charge in [-0.1, -0.05) is 0 Å². The summed E-state index contributed by atoms with van der Waals surface area (Å²) in [6.45, 7) is -0.0758. The van der Waals surface area contributed by atoms with Crippen molar-refractivity contribution >= 4 is 11.8 Å². The molecule has 0 aliphatic carbocycles. The number of thioether (sulfide) groups is 1. The second-order valence-corrected chi connectivity index (χ2v) is 3.72. The quantitative estimate of drug-likeness (QED) is 0.559. The second kappa shape index (κ2) is 2.90. The molecule has 1 rings (SSSR count). The van der Waals surface area contributed by atoms with E-state index in [0.717, 1.165) is 24.3 Å². The molecule has 2 N–H and O–H groups in total. The number of hydrogen-bond acceptors (Lipinski definition) is 3. The molecule has 0 aromatic heterocycles. The highest BCUT2D eigenvalue weighted by molar-refractivity contribution is 7.99. The number of rotatable bonds is 1. The Hall–Kier alpha value is 0.270. The molecular weight excluding hydrogens is 136 g/mol. The lowest BCUT2D eigenvalue weighted by molar-refractivity contribution is -0.0205. The van der Waals surface area contributed by atoms with E-state index >= 15 is 0 Å². The molecule has 1 heterocycles. The van der Waals surface area contributed by atoms with Gasteiger partial charge in [0.05, 0.1) is 12.2 Å². The zero-order valence-corrected chi connectivity index (χ0v) is 6.15. The van der Waals surface area contributed by atoms with Crippen molar-refractivity contribution in [1.82, 2.24) is 0 Å². The van der Waals surface area contributed by atoms with Crippen LogP contribution in [0.3, 0.4) is 0 Å². The van der Waals surface area contributed by atoms with E-state index in [0.29, 0.717) is 0 Å². The predicted molar refractivity (Wildman–Crippen MR) is 38.6 cm³/mol. The molecule has 0 spiro atoms. The molecule has 9 heavy (non-hydrogen) atoms. The molecule has 0 radical (unpaired) electrons. The Morgan fingerprint density at radius 2 is 1.89 bits per heavy atom. The maximum Gasteiger partial charge on any atom is 0.0893 e.